The Bertz CT molecular complexity index is 298. The molecule has 1 aromatic rings. The molecule has 2 nitrogen and oxygen atoms in total. The van der Waals surface area contributed by atoms with E-state index in [0.29, 0.717) is 18.4 Å². The summed E-state index contributed by atoms with van der Waals surface area (Å²) in [5, 5.41) is 9.12. The molecule has 0 fully saturated rings. The van der Waals surface area contributed by atoms with Gasteiger partial charge in [-0.15, -0.1) is 0 Å². The van der Waals surface area contributed by atoms with Crippen LogP contribution in [-0.4, -0.2) is 11.4 Å². The average Bonchev–Trinajstić information content (AvgIpc) is 2.10. The number of carbonyl (C=O) groups is 1. The van der Waals surface area contributed by atoms with Crippen LogP contribution in [-0.2, 0) is 11.2 Å². The van der Waals surface area contributed by atoms with Gasteiger partial charge in [0.2, 0.25) is 0 Å². The highest BCUT2D eigenvalue weighted by Crippen LogP contribution is 2.21. The minimum absolute atomic E-state index is 0.346. The highest BCUT2D eigenvalue weighted by Gasteiger charge is 2.05. The lowest BCUT2D eigenvalue weighted by molar-refractivity contribution is -0.107. The number of carbonyl (C=O) groups excluding carboxylic acids is 1. The molecular formula is C10H11FO2. The van der Waals surface area contributed by atoms with E-state index in [4.69, 9.17) is 5.11 Å². The van der Waals surface area contributed by atoms with Crippen molar-refractivity contribution in [3.63, 3.8) is 0 Å². The number of rotatable bonds is 3. The van der Waals surface area contributed by atoms with E-state index in [-0.39, 0.29) is 5.75 Å². The molecule has 0 aliphatic heterocycles. The molecule has 0 spiro atoms. The molecule has 0 saturated heterocycles. The second-order valence-electron chi connectivity index (χ2n) is 2.95. The quantitative estimate of drug-likeness (QED) is 0.725. The first kappa shape index (κ1) is 9.71. The van der Waals surface area contributed by atoms with Gasteiger partial charge in [-0.25, -0.2) is 4.39 Å². The number of aldehydes is 1. The maximum absolute atomic E-state index is 12.9. The predicted octanol–water partition coefficient (Wildman–Crippen LogP) is 1.97. The van der Waals surface area contributed by atoms with Crippen LogP contribution < -0.4 is 0 Å². The van der Waals surface area contributed by atoms with Crippen LogP contribution in [0, 0.1) is 12.7 Å². The number of hydrogen-bond acceptors (Lipinski definition) is 2. The van der Waals surface area contributed by atoms with E-state index in [2.05, 4.69) is 0 Å². The van der Waals surface area contributed by atoms with Crippen LogP contribution in [0.2, 0.25) is 0 Å². The van der Waals surface area contributed by atoms with E-state index in [0.717, 1.165) is 11.8 Å². The summed E-state index contributed by atoms with van der Waals surface area (Å²) < 4.78 is 12.9. The molecular weight excluding hydrogens is 171 g/mol. The first-order chi connectivity index (χ1) is 6.15. The van der Waals surface area contributed by atoms with Crippen LogP contribution >= 0.6 is 0 Å². The Morgan fingerprint density at radius 3 is 2.77 bits per heavy atom. The van der Waals surface area contributed by atoms with Crippen molar-refractivity contribution in [3.05, 3.63) is 29.1 Å². The summed E-state index contributed by atoms with van der Waals surface area (Å²) in [4.78, 5) is 10.1. The molecule has 0 aliphatic carbocycles. The lowest BCUT2D eigenvalue weighted by Gasteiger charge is -2.03. The predicted molar refractivity (Wildman–Crippen MR) is 47.2 cm³/mol. The fraction of sp³-hybridized carbons (Fsp3) is 0.300. The number of hydrogen-bond donors (Lipinski definition) is 1. The Hall–Kier alpha value is -1.38. The van der Waals surface area contributed by atoms with E-state index in [1.807, 2.05) is 0 Å². The number of aryl methyl sites for hydroxylation is 2. The summed E-state index contributed by atoms with van der Waals surface area (Å²) in [6.07, 6.45) is 1.73. The summed E-state index contributed by atoms with van der Waals surface area (Å²) >= 11 is 0. The third-order valence-electron chi connectivity index (χ3n) is 1.85. The van der Waals surface area contributed by atoms with Gasteiger partial charge < -0.3 is 9.90 Å². The number of phenols is 1. The van der Waals surface area contributed by atoms with Crippen molar-refractivity contribution in [2.24, 2.45) is 0 Å². The Balaban J connectivity index is 2.92. The van der Waals surface area contributed by atoms with Gasteiger partial charge in [0.1, 0.15) is 6.29 Å². The van der Waals surface area contributed by atoms with Crippen LogP contribution in [0.25, 0.3) is 0 Å². The van der Waals surface area contributed by atoms with E-state index >= 15 is 0 Å². The van der Waals surface area contributed by atoms with Gasteiger partial charge in [-0.1, -0.05) is 6.07 Å². The van der Waals surface area contributed by atoms with Gasteiger partial charge in [0.25, 0.3) is 0 Å². The molecule has 1 N–H and O–H groups in total. The van der Waals surface area contributed by atoms with Crippen molar-refractivity contribution in [2.45, 2.75) is 19.8 Å². The van der Waals surface area contributed by atoms with Gasteiger partial charge in [0, 0.05) is 6.42 Å². The summed E-state index contributed by atoms with van der Waals surface area (Å²) in [5.41, 5.74) is 1.18. The number of halogens is 1. The van der Waals surface area contributed by atoms with Crippen LogP contribution in [0.4, 0.5) is 4.39 Å². The molecule has 0 aromatic heterocycles. The van der Waals surface area contributed by atoms with Crippen molar-refractivity contribution in [1.82, 2.24) is 0 Å². The topological polar surface area (TPSA) is 37.3 Å². The number of benzene rings is 1. The molecule has 0 atom stereocenters. The monoisotopic (exact) mass is 182 g/mol. The first-order valence-corrected chi connectivity index (χ1v) is 4.06. The Morgan fingerprint density at radius 1 is 1.54 bits per heavy atom. The number of phenolic OH excluding ortho intramolecular Hbond substituents is 1. The van der Waals surface area contributed by atoms with E-state index in [1.165, 1.54) is 6.07 Å². The highest BCUT2D eigenvalue weighted by atomic mass is 19.1. The van der Waals surface area contributed by atoms with Gasteiger partial charge in [0.15, 0.2) is 11.6 Å². The van der Waals surface area contributed by atoms with E-state index in [9.17, 15) is 9.18 Å². The zero-order valence-electron chi connectivity index (χ0n) is 7.38. The maximum Gasteiger partial charge on any atom is 0.167 e. The van der Waals surface area contributed by atoms with Gasteiger partial charge in [-0.3, -0.25) is 0 Å². The molecule has 3 heteroatoms. The third kappa shape index (κ3) is 2.28. The summed E-state index contributed by atoms with van der Waals surface area (Å²) in [5.74, 6) is -0.934. The summed E-state index contributed by atoms with van der Waals surface area (Å²) in [7, 11) is 0. The molecule has 0 radical (unpaired) electrons. The van der Waals surface area contributed by atoms with Crippen molar-refractivity contribution in [2.75, 3.05) is 0 Å². The van der Waals surface area contributed by atoms with Crippen molar-refractivity contribution < 1.29 is 14.3 Å². The Labute approximate surface area is 76.0 Å². The minimum atomic E-state index is -0.588. The van der Waals surface area contributed by atoms with Crippen LogP contribution in [0.5, 0.6) is 5.75 Å². The van der Waals surface area contributed by atoms with Crippen molar-refractivity contribution >= 4 is 6.29 Å². The zero-order chi connectivity index (χ0) is 9.84. The number of aromatic hydroxyl groups is 1. The van der Waals surface area contributed by atoms with Gasteiger partial charge in [-0.05, 0) is 30.5 Å². The lowest BCUT2D eigenvalue weighted by Crippen LogP contribution is -1.90. The van der Waals surface area contributed by atoms with Crippen molar-refractivity contribution in [1.29, 1.82) is 0 Å². The first-order valence-electron chi connectivity index (χ1n) is 4.06. The average molecular weight is 182 g/mol. The highest BCUT2D eigenvalue weighted by molar-refractivity contribution is 5.50. The van der Waals surface area contributed by atoms with Crippen molar-refractivity contribution in [3.8, 4) is 5.75 Å². The molecule has 0 unspecified atom stereocenters. The molecule has 0 amide bonds. The second kappa shape index (κ2) is 4.03. The molecule has 70 valence electrons. The van der Waals surface area contributed by atoms with Crippen LogP contribution in [0.3, 0.4) is 0 Å². The molecule has 0 bridgehead atoms. The van der Waals surface area contributed by atoms with Gasteiger partial charge in [0.05, 0.1) is 0 Å². The third-order valence-corrected chi connectivity index (χ3v) is 1.85. The fourth-order valence-electron chi connectivity index (χ4n) is 1.19. The largest absolute Gasteiger partial charge is 0.505 e. The molecule has 0 saturated carbocycles. The molecule has 0 aliphatic rings. The molecule has 13 heavy (non-hydrogen) atoms. The Morgan fingerprint density at radius 2 is 2.23 bits per heavy atom. The SMILES string of the molecule is Cc1cc(CCC=O)cc(O)c1F. The standard InChI is InChI=1S/C10H11FO2/c1-7-5-8(3-2-4-12)6-9(13)10(7)11/h4-6,13H,2-3H2,1H3. The van der Waals surface area contributed by atoms with E-state index < -0.39 is 5.82 Å². The maximum atomic E-state index is 12.9. The minimum Gasteiger partial charge on any atom is -0.505 e. The van der Waals surface area contributed by atoms with Crippen LogP contribution in [0.15, 0.2) is 12.1 Å². The normalized spacial score (nSPS) is 10.0. The second-order valence-corrected chi connectivity index (χ2v) is 2.95. The van der Waals surface area contributed by atoms with Gasteiger partial charge >= 0.3 is 0 Å². The fourth-order valence-corrected chi connectivity index (χ4v) is 1.19. The molecule has 1 aromatic carbocycles. The van der Waals surface area contributed by atoms with E-state index in [1.54, 1.807) is 13.0 Å². The molecule has 1 rings (SSSR count). The lowest BCUT2D eigenvalue weighted by atomic mass is 10.1. The Kier molecular flexibility index (Phi) is 3.01. The zero-order valence-corrected chi connectivity index (χ0v) is 7.38. The van der Waals surface area contributed by atoms with Crippen LogP contribution in [0.1, 0.15) is 17.5 Å². The smallest absolute Gasteiger partial charge is 0.167 e. The van der Waals surface area contributed by atoms with Gasteiger partial charge in [-0.2, -0.15) is 0 Å². The summed E-state index contributed by atoms with van der Waals surface area (Å²) in [6.45, 7) is 1.58. The summed E-state index contributed by atoms with van der Waals surface area (Å²) in [6, 6.07) is 2.99. The molecule has 0 heterocycles.